The zero-order valence-electron chi connectivity index (χ0n) is 30.1. The highest BCUT2D eigenvalue weighted by Gasteiger charge is 2.61. The minimum Gasteiger partial charge on any atom is -0.504 e. The number of rotatable bonds is 2. The van der Waals surface area contributed by atoms with Crippen LogP contribution in [0.5, 0.6) is 28.7 Å². The Morgan fingerprint density at radius 3 is 2.68 bits per heavy atom. The first-order valence-corrected chi connectivity index (χ1v) is 18.9. The molecule has 2 fully saturated rings. The first-order chi connectivity index (χ1) is 25.5. The molecule has 4 bridgehead atoms. The second-order valence-corrected chi connectivity index (χ2v) is 16.0. The maximum Gasteiger partial charge on any atom is 0.331 e. The van der Waals surface area contributed by atoms with Gasteiger partial charge in [-0.3, -0.25) is 19.9 Å². The number of anilines is 1. The number of nitrogens with zero attached hydrogens (tertiary/aromatic N) is 3. The van der Waals surface area contributed by atoms with E-state index in [1.165, 1.54) is 18.7 Å². The van der Waals surface area contributed by atoms with Crippen LogP contribution in [0.2, 0.25) is 0 Å². The normalized spacial score (nSPS) is 29.6. The maximum atomic E-state index is 14.6. The molecule has 276 valence electrons. The van der Waals surface area contributed by atoms with Gasteiger partial charge >= 0.3 is 11.9 Å². The number of fused-ring (bicyclic) bond motifs is 9. The number of ether oxygens (including phenoxy) is 5. The van der Waals surface area contributed by atoms with E-state index in [0.717, 1.165) is 33.4 Å². The first-order valence-electron chi connectivity index (χ1n) is 17.9. The predicted octanol–water partition coefficient (Wildman–Crippen LogP) is 3.86. The fourth-order valence-corrected chi connectivity index (χ4v) is 11.7. The summed E-state index contributed by atoms with van der Waals surface area (Å²) in [4.78, 5) is 31.9. The number of esters is 2. The first kappa shape index (κ1) is 34.1. The number of phenols is 1. The van der Waals surface area contributed by atoms with Gasteiger partial charge in [0.25, 0.3) is 0 Å². The Bertz CT molecular complexity index is 2150. The minimum atomic E-state index is -1.22. The van der Waals surface area contributed by atoms with Gasteiger partial charge in [0, 0.05) is 59.2 Å². The number of likely N-dealkylation sites (N-methyl/N-ethyl adjacent to an activating group) is 1. The average Bonchev–Trinajstić information content (AvgIpc) is 3.62. The van der Waals surface area contributed by atoms with E-state index in [0.29, 0.717) is 59.2 Å². The third-order valence-electron chi connectivity index (χ3n) is 12.2. The molecule has 7 atom stereocenters. The standard InChI is InChI=1S/C39H41N5O8S/c1-17-10-21-12-24-25(13-40)44-26-14-49-38(47)39(23-7-6-22(41)11-20(23)8-9-42-39)15-53-37(31(44)30(43(24)4)27(21)32(46)33(17)48-5)29-28(26)36-35(50-16-51-36)18(2)34(29)52-19(3)45/h6-7,10-11,24-26,30-31,37,42,46H,8-9,12,14-16,41H2,1-5H3/t24-,25-,26-,30+,31+,37+,39+/m0/s1. The Labute approximate surface area is 311 Å². The van der Waals surface area contributed by atoms with E-state index >= 15 is 0 Å². The van der Waals surface area contributed by atoms with Crippen molar-refractivity contribution in [2.45, 2.75) is 74.6 Å². The van der Waals surface area contributed by atoms with Gasteiger partial charge < -0.3 is 34.5 Å². The molecular formula is C39H41N5O8S. The maximum absolute atomic E-state index is 14.6. The smallest absolute Gasteiger partial charge is 0.331 e. The van der Waals surface area contributed by atoms with Crippen molar-refractivity contribution < 1.29 is 38.4 Å². The zero-order chi connectivity index (χ0) is 37.1. The van der Waals surface area contributed by atoms with Crippen molar-refractivity contribution >= 4 is 29.4 Å². The van der Waals surface area contributed by atoms with Crippen molar-refractivity contribution in [3.63, 3.8) is 0 Å². The SMILES string of the molecule is COc1c(C)cc2c(c1O)[C@@H]1[C@@H]3[C@@H]4SC[C@]5(NCCc6cc(N)ccc65)C(=O)OC[C@@H](c5c6c(c(C)c(OC(C)=O)c54)OCO6)N3[C@@H](C#N)[C@H](C2)N1C. The molecule has 3 aromatic rings. The molecule has 1 spiro atoms. The fraction of sp³-hybridized carbons (Fsp3) is 0.462. The number of carbonyl (C=O) groups excluding carboxylic acids is 2. The van der Waals surface area contributed by atoms with Gasteiger partial charge in [-0.05, 0) is 68.1 Å². The van der Waals surface area contributed by atoms with Crippen LogP contribution in [0.15, 0.2) is 24.3 Å². The molecule has 7 aliphatic rings. The third-order valence-corrected chi connectivity index (χ3v) is 13.6. The van der Waals surface area contributed by atoms with E-state index in [9.17, 15) is 20.0 Å². The van der Waals surface area contributed by atoms with E-state index in [4.69, 9.17) is 29.4 Å². The second kappa shape index (κ2) is 12.2. The van der Waals surface area contributed by atoms with Gasteiger partial charge in [0.1, 0.15) is 18.4 Å². The van der Waals surface area contributed by atoms with E-state index in [1.54, 1.807) is 13.2 Å². The number of aryl methyl sites for hydroxylation is 1. The van der Waals surface area contributed by atoms with Gasteiger partial charge in [-0.2, -0.15) is 5.26 Å². The largest absolute Gasteiger partial charge is 0.504 e. The zero-order valence-corrected chi connectivity index (χ0v) is 31.0. The van der Waals surface area contributed by atoms with Gasteiger partial charge in [0.2, 0.25) is 6.79 Å². The number of nitriles is 1. The van der Waals surface area contributed by atoms with Crippen LogP contribution in [0, 0.1) is 25.2 Å². The summed E-state index contributed by atoms with van der Waals surface area (Å²) in [6.07, 6.45) is 1.21. The van der Waals surface area contributed by atoms with Crippen LogP contribution in [0.25, 0.3) is 0 Å². The van der Waals surface area contributed by atoms with Gasteiger partial charge in [-0.15, -0.1) is 11.8 Å². The fourth-order valence-electron chi connectivity index (χ4n) is 10.0. The quantitative estimate of drug-likeness (QED) is 0.197. The lowest BCUT2D eigenvalue weighted by atomic mass is 9.71. The molecule has 3 aromatic carbocycles. The number of hydrogen-bond acceptors (Lipinski definition) is 14. The highest BCUT2D eigenvalue weighted by molar-refractivity contribution is 7.99. The summed E-state index contributed by atoms with van der Waals surface area (Å²) in [6, 6.07) is 7.80. The van der Waals surface area contributed by atoms with Crippen molar-refractivity contribution in [1.29, 1.82) is 5.26 Å². The third kappa shape index (κ3) is 4.67. The van der Waals surface area contributed by atoms with Gasteiger partial charge in [-0.25, -0.2) is 4.79 Å². The summed E-state index contributed by atoms with van der Waals surface area (Å²) in [5.74, 6) is 1.10. The topological polar surface area (TPSA) is 169 Å². The summed E-state index contributed by atoms with van der Waals surface area (Å²) in [7, 11) is 3.56. The molecule has 14 heteroatoms. The number of carbonyl (C=O) groups is 2. The minimum absolute atomic E-state index is 0.0388. The molecule has 0 amide bonds. The summed E-state index contributed by atoms with van der Waals surface area (Å²) in [6.45, 7) is 5.50. The van der Waals surface area contributed by atoms with E-state index in [1.807, 2.05) is 33.0 Å². The van der Waals surface area contributed by atoms with Gasteiger partial charge in [0.15, 0.2) is 28.5 Å². The highest BCUT2D eigenvalue weighted by atomic mass is 32.2. The van der Waals surface area contributed by atoms with Crippen molar-refractivity contribution in [3.8, 4) is 34.8 Å². The van der Waals surface area contributed by atoms with Crippen LogP contribution in [0.1, 0.15) is 68.8 Å². The summed E-state index contributed by atoms with van der Waals surface area (Å²) < 4.78 is 30.6. The lowest BCUT2D eigenvalue weighted by Crippen LogP contribution is -2.69. The van der Waals surface area contributed by atoms with Crippen molar-refractivity contribution in [2.24, 2.45) is 0 Å². The number of nitrogens with two attached hydrogens (primary N) is 1. The number of piperazine rings is 1. The number of thioether (sulfide) groups is 1. The number of nitrogens with one attached hydrogen (secondary N) is 1. The van der Waals surface area contributed by atoms with Crippen molar-refractivity contribution in [2.75, 3.05) is 45.6 Å². The molecule has 10 rings (SSSR count). The Kier molecular flexibility index (Phi) is 7.84. The number of hydrogen-bond donors (Lipinski definition) is 3. The van der Waals surface area contributed by atoms with E-state index in [-0.39, 0.29) is 30.9 Å². The summed E-state index contributed by atoms with van der Waals surface area (Å²) in [5.41, 5.74) is 11.9. The highest BCUT2D eigenvalue weighted by Crippen LogP contribution is 2.64. The molecule has 0 aromatic heterocycles. The number of nitrogen functional groups attached to an aromatic ring is 1. The lowest BCUT2D eigenvalue weighted by Gasteiger charge is -2.62. The van der Waals surface area contributed by atoms with Crippen LogP contribution < -0.4 is 30.0 Å². The average molecular weight is 740 g/mol. The summed E-state index contributed by atoms with van der Waals surface area (Å²) in [5, 5.41) is 26.2. The number of benzene rings is 3. The number of phenolic OH excluding ortho intramolecular Hbond substituents is 1. The number of aromatic hydroxyl groups is 1. The van der Waals surface area contributed by atoms with Crippen LogP contribution >= 0.6 is 11.8 Å². The molecule has 0 aliphatic carbocycles. The van der Waals surface area contributed by atoms with Gasteiger partial charge in [0.05, 0.1) is 30.5 Å². The monoisotopic (exact) mass is 739 g/mol. The van der Waals surface area contributed by atoms with Gasteiger partial charge in [-0.1, -0.05) is 12.1 Å². The van der Waals surface area contributed by atoms with E-state index in [2.05, 4.69) is 27.3 Å². The molecule has 7 aliphatic heterocycles. The molecular weight excluding hydrogens is 699 g/mol. The predicted molar refractivity (Wildman–Crippen MR) is 194 cm³/mol. The van der Waals surface area contributed by atoms with E-state index < -0.39 is 46.9 Å². The molecule has 4 N–H and O–H groups in total. The molecule has 0 saturated carbocycles. The lowest BCUT2D eigenvalue weighted by molar-refractivity contribution is -0.157. The second-order valence-electron chi connectivity index (χ2n) is 14.8. The molecule has 7 heterocycles. The Morgan fingerprint density at radius 2 is 1.92 bits per heavy atom. The van der Waals surface area contributed by atoms with Crippen LogP contribution in [-0.2, 0) is 32.7 Å². The molecule has 53 heavy (non-hydrogen) atoms. The molecule has 0 radical (unpaired) electrons. The van der Waals surface area contributed by atoms with Crippen molar-refractivity contribution in [3.05, 3.63) is 68.8 Å². The number of methoxy groups -OCH3 is 1. The van der Waals surface area contributed by atoms with Crippen LogP contribution in [-0.4, -0.2) is 84.8 Å². The Balaban J connectivity index is 1.34. The molecule has 2 saturated heterocycles. The Morgan fingerprint density at radius 1 is 1.13 bits per heavy atom. The van der Waals surface area contributed by atoms with Crippen LogP contribution in [0.3, 0.4) is 0 Å². The summed E-state index contributed by atoms with van der Waals surface area (Å²) >= 11 is 1.54. The van der Waals surface area contributed by atoms with Crippen LogP contribution in [0.4, 0.5) is 5.69 Å². The Hall–Kier alpha value is -4.68. The molecule has 0 unspecified atom stereocenters. The van der Waals surface area contributed by atoms with Crippen molar-refractivity contribution in [1.82, 2.24) is 15.1 Å². The molecule has 13 nitrogen and oxygen atoms in total.